The monoisotopic (exact) mass is 310 g/mol. The molecule has 1 aromatic heterocycles. The molecule has 1 atom stereocenters. The van der Waals surface area contributed by atoms with Crippen LogP contribution >= 0.6 is 22.9 Å². The van der Waals surface area contributed by atoms with Crippen molar-refractivity contribution in [3.8, 4) is 5.75 Å². The van der Waals surface area contributed by atoms with Crippen LogP contribution in [0.25, 0.3) is 12.2 Å². The van der Waals surface area contributed by atoms with Crippen molar-refractivity contribution in [1.82, 2.24) is 10.2 Å². The Morgan fingerprint density at radius 1 is 1.35 bits per heavy atom. The van der Waals surface area contributed by atoms with Gasteiger partial charge in [0.2, 0.25) is 0 Å². The topological polar surface area (TPSA) is 55.2 Å². The van der Waals surface area contributed by atoms with Crippen molar-refractivity contribution >= 4 is 35.1 Å². The maximum absolute atomic E-state index is 9.43. The third kappa shape index (κ3) is 4.30. The van der Waals surface area contributed by atoms with E-state index in [9.17, 15) is 5.11 Å². The number of aryl methyl sites for hydroxylation is 1. The lowest BCUT2D eigenvalue weighted by molar-refractivity contribution is 0.125. The van der Waals surface area contributed by atoms with Crippen LogP contribution in [0.15, 0.2) is 24.3 Å². The van der Waals surface area contributed by atoms with Gasteiger partial charge < -0.3 is 9.84 Å². The minimum Gasteiger partial charge on any atom is -0.490 e. The molecule has 6 heteroatoms. The third-order valence-corrected chi connectivity index (χ3v) is 3.64. The van der Waals surface area contributed by atoms with Gasteiger partial charge in [-0.15, -0.1) is 21.8 Å². The van der Waals surface area contributed by atoms with Gasteiger partial charge in [0.1, 0.15) is 28.5 Å². The largest absolute Gasteiger partial charge is 0.490 e. The van der Waals surface area contributed by atoms with E-state index >= 15 is 0 Å². The molecule has 20 heavy (non-hydrogen) atoms. The zero-order chi connectivity index (χ0) is 14.4. The summed E-state index contributed by atoms with van der Waals surface area (Å²) in [6.07, 6.45) is 3.15. The first-order chi connectivity index (χ1) is 9.69. The highest BCUT2D eigenvalue weighted by Crippen LogP contribution is 2.21. The molecule has 0 bridgehead atoms. The van der Waals surface area contributed by atoms with Gasteiger partial charge in [0.15, 0.2) is 0 Å². The fourth-order valence-electron chi connectivity index (χ4n) is 1.52. The van der Waals surface area contributed by atoms with E-state index in [1.807, 2.05) is 43.3 Å². The molecule has 0 radical (unpaired) electrons. The standard InChI is InChI=1S/C14H15ClN2O2S/c1-10-16-17-14(20-10)7-6-11-4-2-3-5-13(11)19-9-12(18)8-15/h2-7,12,18H,8-9H2,1H3. The van der Waals surface area contributed by atoms with Crippen molar-refractivity contribution < 1.29 is 9.84 Å². The Balaban J connectivity index is 2.09. The lowest BCUT2D eigenvalue weighted by Crippen LogP contribution is -2.19. The number of para-hydroxylation sites is 1. The Labute approximate surface area is 126 Å². The molecule has 0 aliphatic rings. The van der Waals surface area contributed by atoms with Crippen molar-refractivity contribution in [3.05, 3.63) is 39.8 Å². The second-order valence-electron chi connectivity index (χ2n) is 4.15. The number of hydrogen-bond donors (Lipinski definition) is 1. The summed E-state index contributed by atoms with van der Waals surface area (Å²) < 4.78 is 5.57. The molecule has 2 aromatic rings. The molecule has 0 spiro atoms. The SMILES string of the molecule is Cc1nnc(C=Cc2ccccc2OCC(O)CCl)s1. The lowest BCUT2D eigenvalue weighted by atomic mass is 10.2. The van der Waals surface area contributed by atoms with E-state index in [1.54, 1.807) is 0 Å². The first-order valence-corrected chi connectivity index (χ1v) is 7.48. The number of hydrogen-bond acceptors (Lipinski definition) is 5. The summed E-state index contributed by atoms with van der Waals surface area (Å²) in [6, 6.07) is 7.60. The molecular formula is C14H15ClN2O2S. The van der Waals surface area contributed by atoms with E-state index in [-0.39, 0.29) is 12.5 Å². The molecule has 0 saturated carbocycles. The molecule has 2 rings (SSSR count). The van der Waals surface area contributed by atoms with E-state index in [2.05, 4.69) is 10.2 Å². The van der Waals surface area contributed by atoms with Crippen LogP contribution in [-0.4, -0.2) is 33.9 Å². The summed E-state index contributed by atoms with van der Waals surface area (Å²) in [6.45, 7) is 2.09. The Kier molecular flexibility index (Phi) is 5.52. The quantitative estimate of drug-likeness (QED) is 0.833. The normalized spacial score (nSPS) is 12.8. The summed E-state index contributed by atoms with van der Waals surface area (Å²) in [4.78, 5) is 0. The number of ether oxygens (including phenoxy) is 1. The van der Waals surface area contributed by atoms with Gasteiger partial charge in [-0.2, -0.15) is 0 Å². The number of aromatic nitrogens is 2. The predicted molar refractivity (Wildman–Crippen MR) is 82.2 cm³/mol. The molecule has 0 aliphatic carbocycles. The highest BCUT2D eigenvalue weighted by Gasteiger charge is 2.05. The van der Waals surface area contributed by atoms with Crippen molar-refractivity contribution in [1.29, 1.82) is 0 Å². The van der Waals surface area contributed by atoms with E-state index in [1.165, 1.54) is 11.3 Å². The molecule has 1 unspecified atom stereocenters. The molecule has 0 amide bonds. The molecule has 0 fully saturated rings. The zero-order valence-corrected chi connectivity index (χ0v) is 12.6. The minimum absolute atomic E-state index is 0.155. The summed E-state index contributed by atoms with van der Waals surface area (Å²) in [5.74, 6) is 0.858. The van der Waals surface area contributed by atoms with Gasteiger partial charge in [-0.05, 0) is 25.1 Å². The van der Waals surface area contributed by atoms with E-state index in [0.29, 0.717) is 5.75 Å². The van der Waals surface area contributed by atoms with Crippen LogP contribution in [0.2, 0.25) is 0 Å². The number of rotatable bonds is 6. The Morgan fingerprint density at radius 3 is 2.85 bits per heavy atom. The third-order valence-electron chi connectivity index (χ3n) is 2.48. The molecular weight excluding hydrogens is 296 g/mol. The van der Waals surface area contributed by atoms with Crippen LogP contribution in [0.5, 0.6) is 5.75 Å². The van der Waals surface area contributed by atoms with Crippen LogP contribution in [0, 0.1) is 6.92 Å². The summed E-state index contributed by atoms with van der Waals surface area (Å²) in [5.41, 5.74) is 0.919. The maximum atomic E-state index is 9.43. The van der Waals surface area contributed by atoms with Gasteiger partial charge in [0.25, 0.3) is 0 Å². The molecule has 4 nitrogen and oxygen atoms in total. The van der Waals surface area contributed by atoms with Gasteiger partial charge in [-0.25, -0.2) is 0 Å². The Bertz CT molecular complexity index is 586. The second-order valence-corrected chi connectivity index (χ2v) is 5.67. The Morgan fingerprint density at radius 2 is 2.15 bits per heavy atom. The van der Waals surface area contributed by atoms with Crippen LogP contribution in [0.1, 0.15) is 15.6 Å². The summed E-state index contributed by atoms with van der Waals surface area (Å²) in [7, 11) is 0. The predicted octanol–water partition coefficient (Wildman–Crippen LogP) is 3.00. The van der Waals surface area contributed by atoms with Crippen molar-refractivity contribution in [2.45, 2.75) is 13.0 Å². The number of halogens is 1. The smallest absolute Gasteiger partial charge is 0.140 e. The highest BCUT2D eigenvalue weighted by atomic mass is 35.5. The van der Waals surface area contributed by atoms with Gasteiger partial charge in [-0.1, -0.05) is 29.5 Å². The lowest BCUT2D eigenvalue weighted by Gasteiger charge is -2.11. The molecule has 106 valence electrons. The Hall–Kier alpha value is -1.43. The van der Waals surface area contributed by atoms with Crippen molar-refractivity contribution in [2.24, 2.45) is 0 Å². The number of nitrogens with zero attached hydrogens (tertiary/aromatic N) is 2. The fourth-order valence-corrected chi connectivity index (χ4v) is 2.21. The second kappa shape index (κ2) is 7.38. The van der Waals surface area contributed by atoms with Crippen molar-refractivity contribution in [3.63, 3.8) is 0 Å². The van der Waals surface area contributed by atoms with Crippen LogP contribution in [0.4, 0.5) is 0 Å². The summed E-state index contributed by atoms with van der Waals surface area (Å²) in [5, 5.41) is 19.2. The average Bonchev–Trinajstić information content (AvgIpc) is 2.89. The first-order valence-electron chi connectivity index (χ1n) is 6.13. The van der Waals surface area contributed by atoms with E-state index < -0.39 is 6.10 Å². The number of aliphatic hydroxyl groups is 1. The molecule has 0 aliphatic heterocycles. The highest BCUT2D eigenvalue weighted by molar-refractivity contribution is 7.12. The number of aliphatic hydroxyl groups excluding tert-OH is 1. The van der Waals surface area contributed by atoms with Gasteiger partial charge in [0.05, 0.1) is 5.88 Å². The zero-order valence-electron chi connectivity index (χ0n) is 11.0. The van der Waals surface area contributed by atoms with Gasteiger partial charge in [-0.3, -0.25) is 0 Å². The fraction of sp³-hybridized carbons (Fsp3) is 0.286. The molecule has 1 N–H and O–H groups in total. The van der Waals surface area contributed by atoms with E-state index in [0.717, 1.165) is 15.6 Å². The number of benzene rings is 1. The van der Waals surface area contributed by atoms with Crippen LogP contribution < -0.4 is 4.74 Å². The van der Waals surface area contributed by atoms with E-state index in [4.69, 9.17) is 16.3 Å². The summed E-state index contributed by atoms with van der Waals surface area (Å²) >= 11 is 7.07. The molecule has 1 aromatic carbocycles. The van der Waals surface area contributed by atoms with Gasteiger partial charge in [0, 0.05) is 5.56 Å². The maximum Gasteiger partial charge on any atom is 0.140 e. The van der Waals surface area contributed by atoms with Crippen LogP contribution in [-0.2, 0) is 0 Å². The number of alkyl halides is 1. The average molecular weight is 311 g/mol. The van der Waals surface area contributed by atoms with Crippen molar-refractivity contribution in [2.75, 3.05) is 12.5 Å². The first kappa shape index (κ1) is 15.0. The minimum atomic E-state index is -0.667. The van der Waals surface area contributed by atoms with Crippen LogP contribution in [0.3, 0.4) is 0 Å². The van der Waals surface area contributed by atoms with Gasteiger partial charge >= 0.3 is 0 Å². The molecule has 0 saturated heterocycles. The molecule has 1 heterocycles.